The summed E-state index contributed by atoms with van der Waals surface area (Å²) in [6.45, 7) is 10.2. The Labute approximate surface area is 213 Å². The third-order valence-electron chi connectivity index (χ3n) is 5.73. The number of carbonyl (C=O) groups is 2. The number of morpholine rings is 1. The van der Waals surface area contributed by atoms with Gasteiger partial charge in [0.1, 0.15) is 12.3 Å². The average molecular weight is 499 g/mol. The SMILES string of the molecule is CCCN(CCC)c1nc(OCCN2CCOCC2)cc(C(=O)Nc2cccc(C(=O)N(C)C)c2)n1. The molecule has 196 valence electrons. The highest BCUT2D eigenvalue weighted by molar-refractivity contribution is 6.04. The van der Waals surface area contributed by atoms with Gasteiger partial charge in [-0.15, -0.1) is 0 Å². The number of carbonyl (C=O) groups excluding carboxylic acids is 2. The van der Waals surface area contributed by atoms with Gasteiger partial charge < -0.3 is 24.6 Å². The number of hydrogen-bond acceptors (Lipinski definition) is 8. The lowest BCUT2D eigenvalue weighted by Crippen LogP contribution is -2.38. The molecule has 36 heavy (non-hydrogen) atoms. The predicted octanol–water partition coefficient (Wildman–Crippen LogP) is 2.77. The molecule has 10 heteroatoms. The second-order valence-electron chi connectivity index (χ2n) is 8.92. The largest absolute Gasteiger partial charge is 0.476 e. The molecule has 1 fully saturated rings. The summed E-state index contributed by atoms with van der Waals surface area (Å²) in [6, 6.07) is 8.43. The minimum atomic E-state index is -0.390. The molecule has 1 aromatic heterocycles. The van der Waals surface area contributed by atoms with Crippen molar-refractivity contribution in [3.05, 3.63) is 41.6 Å². The van der Waals surface area contributed by atoms with Crippen molar-refractivity contribution in [3.8, 4) is 5.88 Å². The normalized spacial score (nSPS) is 13.8. The van der Waals surface area contributed by atoms with Crippen LogP contribution in [0.5, 0.6) is 5.88 Å². The number of nitrogens with zero attached hydrogens (tertiary/aromatic N) is 5. The van der Waals surface area contributed by atoms with Crippen LogP contribution < -0.4 is 15.0 Å². The van der Waals surface area contributed by atoms with Crippen molar-refractivity contribution in [2.24, 2.45) is 0 Å². The Balaban J connectivity index is 1.80. The highest BCUT2D eigenvalue weighted by Crippen LogP contribution is 2.19. The number of benzene rings is 1. The molecule has 2 aromatic rings. The summed E-state index contributed by atoms with van der Waals surface area (Å²) in [7, 11) is 3.38. The zero-order valence-corrected chi connectivity index (χ0v) is 21.8. The van der Waals surface area contributed by atoms with Crippen LogP contribution in [0.3, 0.4) is 0 Å². The molecule has 3 rings (SSSR count). The minimum Gasteiger partial charge on any atom is -0.476 e. The van der Waals surface area contributed by atoms with Crippen LogP contribution in [0.25, 0.3) is 0 Å². The lowest BCUT2D eigenvalue weighted by Gasteiger charge is -2.26. The van der Waals surface area contributed by atoms with Gasteiger partial charge in [0.2, 0.25) is 11.8 Å². The second-order valence-corrected chi connectivity index (χ2v) is 8.92. The lowest BCUT2D eigenvalue weighted by atomic mass is 10.2. The quantitative estimate of drug-likeness (QED) is 0.477. The maximum Gasteiger partial charge on any atom is 0.274 e. The molecule has 0 atom stereocenters. The summed E-state index contributed by atoms with van der Waals surface area (Å²) in [4.78, 5) is 40.6. The summed E-state index contributed by atoms with van der Waals surface area (Å²) < 4.78 is 11.4. The zero-order valence-electron chi connectivity index (χ0n) is 21.8. The number of rotatable bonds is 12. The van der Waals surface area contributed by atoms with Crippen molar-refractivity contribution in [2.45, 2.75) is 26.7 Å². The highest BCUT2D eigenvalue weighted by atomic mass is 16.5. The molecule has 1 aliphatic rings. The van der Waals surface area contributed by atoms with E-state index in [1.807, 2.05) is 0 Å². The number of amides is 2. The van der Waals surface area contributed by atoms with E-state index in [1.54, 1.807) is 44.4 Å². The number of ether oxygens (including phenoxy) is 2. The first-order valence-corrected chi connectivity index (χ1v) is 12.6. The molecule has 1 saturated heterocycles. The lowest BCUT2D eigenvalue weighted by molar-refractivity contribution is 0.0320. The summed E-state index contributed by atoms with van der Waals surface area (Å²) in [6.07, 6.45) is 1.86. The van der Waals surface area contributed by atoms with E-state index in [0.717, 1.165) is 58.8 Å². The molecule has 0 radical (unpaired) electrons. The van der Waals surface area contributed by atoms with Crippen molar-refractivity contribution in [2.75, 3.05) is 76.9 Å². The first kappa shape index (κ1) is 27.3. The van der Waals surface area contributed by atoms with Crippen LogP contribution in [0.4, 0.5) is 11.6 Å². The maximum absolute atomic E-state index is 13.2. The molecule has 0 bridgehead atoms. The van der Waals surface area contributed by atoms with Gasteiger partial charge in [-0.1, -0.05) is 19.9 Å². The van der Waals surface area contributed by atoms with Gasteiger partial charge in [-0.2, -0.15) is 4.98 Å². The van der Waals surface area contributed by atoms with Crippen LogP contribution in [-0.4, -0.2) is 98.2 Å². The Morgan fingerprint density at radius 2 is 1.81 bits per heavy atom. The highest BCUT2D eigenvalue weighted by Gasteiger charge is 2.18. The molecule has 2 heterocycles. The summed E-state index contributed by atoms with van der Waals surface area (Å²) in [5.74, 6) is 0.316. The molecule has 1 aliphatic heterocycles. The van der Waals surface area contributed by atoms with E-state index in [1.165, 1.54) is 4.90 Å². The monoisotopic (exact) mass is 498 g/mol. The number of nitrogens with one attached hydrogen (secondary N) is 1. The van der Waals surface area contributed by atoms with Gasteiger partial charge in [-0.25, -0.2) is 4.98 Å². The molecule has 0 saturated carbocycles. The maximum atomic E-state index is 13.2. The molecule has 1 aromatic carbocycles. The molecular formula is C26H38N6O4. The molecule has 0 spiro atoms. The first-order valence-electron chi connectivity index (χ1n) is 12.6. The Bertz CT molecular complexity index is 1000. The number of anilines is 2. The van der Waals surface area contributed by atoms with E-state index >= 15 is 0 Å². The van der Waals surface area contributed by atoms with Crippen molar-refractivity contribution in [1.29, 1.82) is 0 Å². The van der Waals surface area contributed by atoms with Gasteiger partial charge in [0, 0.05) is 64.1 Å². The van der Waals surface area contributed by atoms with Crippen LogP contribution in [0.2, 0.25) is 0 Å². The van der Waals surface area contributed by atoms with Crippen LogP contribution in [0, 0.1) is 0 Å². The Kier molecular flexibility index (Phi) is 10.4. The van der Waals surface area contributed by atoms with E-state index in [0.29, 0.717) is 29.7 Å². The standard InChI is InChI=1S/C26H38N6O4/c1-5-10-32(11-6-2)26-28-22(19-23(29-26)36-17-14-31-12-15-35-16-13-31)24(33)27-21-9-7-8-20(18-21)25(34)30(3)4/h7-9,18-19H,5-6,10-17H2,1-4H3,(H,27,33). The van der Waals surface area contributed by atoms with E-state index in [4.69, 9.17) is 9.47 Å². The average Bonchev–Trinajstić information content (AvgIpc) is 2.88. The van der Waals surface area contributed by atoms with Crippen LogP contribution >= 0.6 is 0 Å². The van der Waals surface area contributed by atoms with Crippen molar-refractivity contribution in [3.63, 3.8) is 0 Å². The fourth-order valence-corrected chi connectivity index (χ4v) is 3.88. The van der Waals surface area contributed by atoms with E-state index in [-0.39, 0.29) is 17.5 Å². The number of hydrogen-bond donors (Lipinski definition) is 1. The van der Waals surface area contributed by atoms with Gasteiger partial charge in [-0.3, -0.25) is 14.5 Å². The van der Waals surface area contributed by atoms with Gasteiger partial charge in [0.05, 0.1) is 13.2 Å². The third kappa shape index (κ3) is 7.89. The Hall–Kier alpha value is -3.24. The topological polar surface area (TPSA) is 100 Å². The van der Waals surface area contributed by atoms with Gasteiger partial charge in [0.15, 0.2) is 0 Å². The molecule has 2 amide bonds. The fraction of sp³-hybridized carbons (Fsp3) is 0.538. The van der Waals surface area contributed by atoms with Gasteiger partial charge in [-0.05, 0) is 31.0 Å². The predicted molar refractivity (Wildman–Crippen MR) is 140 cm³/mol. The number of aromatic nitrogens is 2. The van der Waals surface area contributed by atoms with E-state index in [2.05, 4.69) is 38.9 Å². The van der Waals surface area contributed by atoms with Crippen molar-refractivity contribution >= 4 is 23.5 Å². The van der Waals surface area contributed by atoms with Crippen LogP contribution in [0.1, 0.15) is 47.5 Å². The molecule has 0 unspecified atom stereocenters. The van der Waals surface area contributed by atoms with E-state index < -0.39 is 0 Å². The smallest absolute Gasteiger partial charge is 0.274 e. The molecule has 0 aliphatic carbocycles. The van der Waals surface area contributed by atoms with Crippen molar-refractivity contribution in [1.82, 2.24) is 19.8 Å². The molecule has 10 nitrogen and oxygen atoms in total. The molecule has 1 N–H and O–H groups in total. The van der Waals surface area contributed by atoms with Crippen molar-refractivity contribution < 1.29 is 19.1 Å². The van der Waals surface area contributed by atoms with Gasteiger partial charge >= 0.3 is 0 Å². The summed E-state index contributed by atoms with van der Waals surface area (Å²) in [5.41, 5.74) is 1.22. The van der Waals surface area contributed by atoms with Crippen LogP contribution in [-0.2, 0) is 4.74 Å². The second kappa shape index (κ2) is 13.7. The van der Waals surface area contributed by atoms with Gasteiger partial charge in [0.25, 0.3) is 11.8 Å². The fourth-order valence-electron chi connectivity index (χ4n) is 3.88. The first-order chi connectivity index (χ1) is 17.4. The minimum absolute atomic E-state index is 0.138. The van der Waals surface area contributed by atoms with Crippen LogP contribution in [0.15, 0.2) is 30.3 Å². The summed E-state index contributed by atoms with van der Waals surface area (Å²) >= 11 is 0. The van der Waals surface area contributed by atoms with E-state index in [9.17, 15) is 9.59 Å². The molecular weight excluding hydrogens is 460 g/mol. The third-order valence-corrected chi connectivity index (χ3v) is 5.73. The zero-order chi connectivity index (χ0) is 25.9. The Morgan fingerprint density at radius 1 is 1.08 bits per heavy atom. The Morgan fingerprint density at radius 3 is 2.47 bits per heavy atom. The summed E-state index contributed by atoms with van der Waals surface area (Å²) in [5, 5.41) is 2.86.